The lowest BCUT2D eigenvalue weighted by atomic mass is 10.1. The largest absolute Gasteiger partial charge is 0.381 e. The van der Waals surface area contributed by atoms with Crippen molar-refractivity contribution in [1.82, 2.24) is 10.2 Å². The lowest BCUT2D eigenvalue weighted by molar-refractivity contribution is 1.10. The predicted octanol–water partition coefficient (Wildman–Crippen LogP) is 2.62. The molecule has 0 spiro atoms. The molecule has 4 heteroatoms. The number of rotatable bonds is 1. The van der Waals surface area contributed by atoms with E-state index in [1.807, 2.05) is 31.2 Å². The molecule has 0 unspecified atom stereocenters. The number of nitrogens with two attached hydrogens (primary N) is 1. The van der Waals surface area contributed by atoms with Crippen molar-refractivity contribution in [3.63, 3.8) is 0 Å². The van der Waals surface area contributed by atoms with Gasteiger partial charge in [-0.3, -0.25) is 5.10 Å². The molecule has 3 N–H and O–H groups in total. The van der Waals surface area contributed by atoms with E-state index < -0.39 is 0 Å². The Labute approximate surface area is 86.9 Å². The molecular weight excluding hydrogens is 198 g/mol. The number of aromatic nitrogens is 2. The zero-order valence-corrected chi connectivity index (χ0v) is 8.47. The van der Waals surface area contributed by atoms with Crippen LogP contribution in [0, 0.1) is 6.92 Å². The van der Waals surface area contributed by atoms with Gasteiger partial charge < -0.3 is 5.73 Å². The van der Waals surface area contributed by atoms with Crippen molar-refractivity contribution in [3.05, 3.63) is 34.9 Å². The molecule has 1 aromatic carbocycles. The maximum absolute atomic E-state index is 5.96. The fourth-order valence-electron chi connectivity index (χ4n) is 1.25. The second kappa shape index (κ2) is 3.35. The molecule has 0 amide bonds. The molecule has 0 atom stereocenters. The summed E-state index contributed by atoms with van der Waals surface area (Å²) in [5, 5.41) is 7.12. The highest BCUT2D eigenvalue weighted by Crippen LogP contribution is 2.29. The Morgan fingerprint density at radius 3 is 2.43 bits per heavy atom. The third-order valence-electron chi connectivity index (χ3n) is 2.07. The minimum Gasteiger partial charge on any atom is -0.381 e. The summed E-state index contributed by atoms with van der Waals surface area (Å²) < 4.78 is 0. The summed E-state index contributed by atoms with van der Waals surface area (Å²) in [5.74, 6) is 0.335. The molecule has 3 nitrogen and oxygen atoms in total. The Morgan fingerprint density at radius 2 is 1.93 bits per heavy atom. The Morgan fingerprint density at radius 1 is 1.29 bits per heavy atom. The highest BCUT2D eigenvalue weighted by Gasteiger charge is 2.09. The first-order chi connectivity index (χ1) is 6.68. The molecule has 72 valence electrons. The molecule has 2 aromatic rings. The van der Waals surface area contributed by atoms with Crippen molar-refractivity contribution in [2.24, 2.45) is 0 Å². The van der Waals surface area contributed by atoms with Crippen molar-refractivity contribution in [1.29, 1.82) is 0 Å². The van der Waals surface area contributed by atoms with Crippen LogP contribution in [0.4, 0.5) is 5.82 Å². The first kappa shape index (κ1) is 9.09. The normalized spacial score (nSPS) is 10.4. The van der Waals surface area contributed by atoms with Crippen LogP contribution >= 0.6 is 11.6 Å². The average molecular weight is 208 g/mol. The molecule has 0 aliphatic carbocycles. The number of nitrogens with one attached hydrogen (secondary N) is 1. The highest BCUT2D eigenvalue weighted by molar-refractivity contribution is 6.35. The fraction of sp³-hybridized carbons (Fsp3) is 0.100. The van der Waals surface area contributed by atoms with Gasteiger partial charge in [-0.1, -0.05) is 41.4 Å². The number of H-pyrrole nitrogens is 1. The molecule has 0 radical (unpaired) electrons. The molecule has 0 saturated carbocycles. The van der Waals surface area contributed by atoms with Crippen LogP contribution in [0.5, 0.6) is 0 Å². The van der Waals surface area contributed by atoms with Gasteiger partial charge in [-0.2, -0.15) is 5.10 Å². The molecule has 0 bridgehead atoms. The highest BCUT2D eigenvalue weighted by atomic mass is 35.5. The average Bonchev–Trinajstić information content (AvgIpc) is 2.50. The summed E-state index contributed by atoms with van der Waals surface area (Å²) in [6, 6.07) is 7.99. The van der Waals surface area contributed by atoms with Gasteiger partial charge in [-0.25, -0.2) is 0 Å². The summed E-state index contributed by atoms with van der Waals surface area (Å²) in [5.41, 5.74) is 8.50. The standard InChI is InChI=1S/C10H10ClN3/c1-6-2-4-7(5-3-6)9-8(11)10(12)14-13-9/h2-5H,1H3,(H3,12,13,14). The molecule has 1 heterocycles. The quantitative estimate of drug-likeness (QED) is 0.755. The number of benzene rings is 1. The number of hydrogen-bond acceptors (Lipinski definition) is 2. The van der Waals surface area contributed by atoms with Crippen LogP contribution < -0.4 is 5.73 Å². The van der Waals surface area contributed by atoms with Crippen molar-refractivity contribution < 1.29 is 0 Å². The minimum atomic E-state index is 0.335. The Hall–Kier alpha value is -1.48. The van der Waals surface area contributed by atoms with E-state index in [1.165, 1.54) is 5.56 Å². The van der Waals surface area contributed by atoms with Crippen molar-refractivity contribution in [3.8, 4) is 11.3 Å². The van der Waals surface area contributed by atoms with Crippen LogP contribution in [0.3, 0.4) is 0 Å². The minimum absolute atomic E-state index is 0.335. The van der Waals surface area contributed by atoms with Crippen LogP contribution in [0.25, 0.3) is 11.3 Å². The van der Waals surface area contributed by atoms with Crippen molar-refractivity contribution >= 4 is 17.4 Å². The van der Waals surface area contributed by atoms with Crippen molar-refractivity contribution in [2.45, 2.75) is 6.92 Å². The van der Waals surface area contributed by atoms with Crippen molar-refractivity contribution in [2.75, 3.05) is 5.73 Å². The van der Waals surface area contributed by atoms with Gasteiger partial charge >= 0.3 is 0 Å². The third kappa shape index (κ3) is 1.46. The van der Waals surface area contributed by atoms with E-state index in [2.05, 4.69) is 10.2 Å². The number of aromatic amines is 1. The first-order valence-corrected chi connectivity index (χ1v) is 4.62. The van der Waals surface area contributed by atoms with Crippen LogP contribution in [-0.4, -0.2) is 10.2 Å². The summed E-state index contributed by atoms with van der Waals surface area (Å²) in [4.78, 5) is 0. The van der Waals surface area contributed by atoms with Gasteiger partial charge in [0.25, 0.3) is 0 Å². The van der Waals surface area contributed by atoms with Gasteiger partial charge in [-0.05, 0) is 6.92 Å². The summed E-state index contributed by atoms with van der Waals surface area (Å²) in [6.07, 6.45) is 0. The first-order valence-electron chi connectivity index (χ1n) is 4.25. The van der Waals surface area contributed by atoms with E-state index in [0.29, 0.717) is 10.8 Å². The van der Waals surface area contributed by atoms with Crippen LogP contribution in [0.1, 0.15) is 5.56 Å². The van der Waals surface area contributed by atoms with Gasteiger partial charge in [-0.15, -0.1) is 0 Å². The Balaban J connectivity index is 2.49. The van der Waals surface area contributed by atoms with Crippen LogP contribution in [0.15, 0.2) is 24.3 Å². The number of halogens is 1. The van der Waals surface area contributed by atoms with Gasteiger partial charge in [0.15, 0.2) is 5.82 Å². The van der Waals surface area contributed by atoms with E-state index in [0.717, 1.165) is 11.3 Å². The number of nitrogens with zero attached hydrogens (tertiary/aromatic N) is 1. The smallest absolute Gasteiger partial charge is 0.164 e. The molecule has 14 heavy (non-hydrogen) atoms. The zero-order chi connectivity index (χ0) is 10.1. The Bertz CT molecular complexity index is 445. The second-order valence-electron chi connectivity index (χ2n) is 3.16. The van der Waals surface area contributed by atoms with E-state index in [1.54, 1.807) is 0 Å². The molecule has 0 fully saturated rings. The lowest BCUT2D eigenvalue weighted by Crippen LogP contribution is -1.83. The molecular formula is C10H10ClN3. The van der Waals surface area contributed by atoms with Gasteiger partial charge in [0.05, 0.1) is 5.69 Å². The Kier molecular flexibility index (Phi) is 2.17. The summed E-state index contributed by atoms with van der Waals surface area (Å²) >= 11 is 5.96. The summed E-state index contributed by atoms with van der Waals surface area (Å²) in [7, 11) is 0. The number of aryl methyl sites for hydroxylation is 1. The van der Waals surface area contributed by atoms with Gasteiger partial charge in [0.1, 0.15) is 5.02 Å². The van der Waals surface area contributed by atoms with Gasteiger partial charge in [0.2, 0.25) is 0 Å². The van der Waals surface area contributed by atoms with Crippen LogP contribution in [-0.2, 0) is 0 Å². The number of hydrogen-bond donors (Lipinski definition) is 2. The van der Waals surface area contributed by atoms with E-state index in [-0.39, 0.29) is 0 Å². The molecule has 0 saturated heterocycles. The molecule has 2 rings (SSSR count). The van der Waals surface area contributed by atoms with Crippen LogP contribution in [0.2, 0.25) is 5.02 Å². The number of nitrogen functional groups attached to an aromatic ring is 1. The number of anilines is 1. The summed E-state index contributed by atoms with van der Waals surface area (Å²) in [6.45, 7) is 2.03. The second-order valence-corrected chi connectivity index (χ2v) is 3.54. The monoisotopic (exact) mass is 207 g/mol. The SMILES string of the molecule is Cc1ccc(-c2[nH]nc(N)c2Cl)cc1. The van der Waals surface area contributed by atoms with E-state index in [4.69, 9.17) is 17.3 Å². The van der Waals surface area contributed by atoms with Gasteiger partial charge in [0, 0.05) is 5.56 Å². The van der Waals surface area contributed by atoms with E-state index >= 15 is 0 Å². The fourth-order valence-corrected chi connectivity index (χ4v) is 1.45. The molecule has 1 aromatic heterocycles. The maximum Gasteiger partial charge on any atom is 0.164 e. The third-order valence-corrected chi connectivity index (χ3v) is 2.46. The topological polar surface area (TPSA) is 54.7 Å². The zero-order valence-electron chi connectivity index (χ0n) is 7.71. The van der Waals surface area contributed by atoms with E-state index in [9.17, 15) is 0 Å². The predicted molar refractivity (Wildman–Crippen MR) is 58.2 cm³/mol. The lowest BCUT2D eigenvalue weighted by Gasteiger charge is -1.98. The maximum atomic E-state index is 5.96. The molecule has 0 aliphatic rings. The molecule has 0 aliphatic heterocycles.